The molecule has 1 heterocycles. The third-order valence-corrected chi connectivity index (χ3v) is 6.98. The molecule has 0 spiro atoms. The molecule has 0 bridgehead atoms. The van der Waals surface area contributed by atoms with E-state index in [1.807, 2.05) is 92.0 Å². The van der Waals surface area contributed by atoms with Gasteiger partial charge in [0.1, 0.15) is 18.1 Å². The lowest BCUT2D eigenvalue weighted by Crippen LogP contribution is -2.11. The van der Waals surface area contributed by atoms with Gasteiger partial charge < -0.3 is 19.7 Å². The highest BCUT2D eigenvalue weighted by atomic mass is 127. The Bertz CT molecular complexity index is 1510. The number of rotatable bonds is 6. The minimum absolute atomic E-state index is 0.187. The van der Waals surface area contributed by atoms with Gasteiger partial charge >= 0.3 is 0 Å². The van der Waals surface area contributed by atoms with Gasteiger partial charge in [-0.3, -0.25) is 4.79 Å². The van der Waals surface area contributed by atoms with Crippen molar-refractivity contribution in [2.24, 2.45) is 7.05 Å². The molecule has 5 aromatic rings. The molecule has 0 aliphatic heterocycles. The van der Waals surface area contributed by atoms with Crippen molar-refractivity contribution < 1.29 is 14.6 Å². The molecule has 0 saturated carbocycles. The fourth-order valence-corrected chi connectivity index (χ4v) is 5.22. The van der Waals surface area contributed by atoms with E-state index in [9.17, 15) is 9.90 Å². The summed E-state index contributed by atoms with van der Waals surface area (Å²) in [5.74, 6) is 0.745. The Morgan fingerprint density at radius 2 is 1.71 bits per heavy atom. The van der Waals surface area contributed by atoms with Gasteiger partial charge in [0.25, 0.3) is 5.91 Å². The van der Waals surface area contributed by atoms with Crippen molar-refractivity contribution in [3.05, 3.63) is 112 Å². The second-order valence-corrected chi connectivity index (χ2v) is 9.34. The van der Waals surface area contributed by atoms with Crippen LogP contribution in [-0.4, -0.2) is 15.6 Å². The molecule has 0 unspecified atom stereocenters. The first-order valence-electron chi connectivity index (χ1n) is 11.1. The number of aromatic hydroxyl groups is 1. The summed E-state index contributed by atoms with van der Waals surface area (Å²) in [7, 11) is 1.98. The summed E-state index contributed by atoms with van der Waals surface area (Å²) < 4.78 is 9.03. The van der Waals surface area contributed by atoms with Gasteiger partial charge in [0.15, 0.2) is 0 Å². The number of nitrogens with zero attached hydrogens (tertiary/aromatic N) is 1. The molecule has 4 aromatic carbocycles. The lowest BCUT2D eigenvalue weighted by atomic mass is 10.1. The third kappa shape index (κ3) is 4.88. The van der Waals surface area contributed by atoms with Crippen molar-refractivity contribution in [2.75, 3.05) is 5.32 Å². The fourth-order valence-electron chi connectivity index (χ4n) is 4.09. The minimum Gasteiger partial charge on any atom is -0.508 e. The predicted molar refractivity (Wildman–Crippen MR) is 148 cm³/mol. The number of hydrogen-bond donors (Lipinski definition) is 2. The number of ether oxygens (including phenoxy) is 1. The van der Waals surface area contributed by atoms with E-state index in [1.54, 1.807) is 12.1 Å². The van der Waals surface area contributed by atoms with E-state index in [2.05, 4.69) is 32.5 Å². The molecule has 1 amide bonds. The van der Waals surface area contributed by atoms with E-state index in [1.165, 1.54) is 0 Å². The Balaban J connectivity index is 1.31. The van der Waals surface area contributed by atoms with E-state index < -0.39 is 0 Å². The Morgan fingerprint density at radius 1 is 0.943 bits per heavy atom. The lowest BCUT2D eigenvalue weighted by Gasteiger charge is -2.10. The molecule has 6 heteroatoms. The number of fused-ring (bicyclic) bond motifs is 1. The molecule has 35 heavy (non-hydrogen) atoms. The maximum atomic E-state index is 12.9. The largest absolute Gasteiger partial charge is 0.508 e. The number of aromatic nitrogens is 1. The standard InChI is InChI=1S/C29H23IN2O3/c1-32-26-17-23(33)14-15-25(26)27(30)28(32)20-10-12-21(13-11-20)29(34)31-22-8-5-9-24(16-22)35-18-19-6-3-2-4-7-19/h2-17,33H,18H2,1H3,(H,31,34). The summed E-state index contributed by atoms with van der Waals surface area (Å²) in [5.41, 5.74) is 5.32. The summed E-state index contributed by atoms with van der Waals surface area (Å²) in [6, 6.07) is 30.3. The van der Waals surface area contributed by atoms with Crippen molar-refractivity contribution in [1.29, 1.82) is 0 Å². The van der Waals surface area contributed by atoms with Crippen molar-refractivity contribution >= 4 is 45.1 Å². The molecule has 0 atom stereocenters. The van der Waals surface area contributed by atoms with Crippen LogP contribution in [0.2, 0.25) is 0 Å². The fraction of sp³-hybridized carbons (Fsp3) is 0.0690. The Hall–Kier alpha value is -3.78. The summed E-state index contributed by atoms with van der Waals surface area (Å²) in [6.07, 6.45) is 0. The van der Waals surface area contributed by atoms with Gasteiger partial charge in [0, 0.05) is 39.4 Å². The molecule has 0 aliphatic carbocycles. The maximum absolute atomic E-state index is 12.9. The van der Waals surface area contributed by atoms with E-state index in [-0.39, 0.29) is 11.7 Å². The second-order valence-electron chi connectivity index (χ2n) is 8.26. The van der Waals surface area contributed by atoms with Crippen LogP contribution in [-0.2, 0) is 13.7 Å². The van der Waals surface area contributed by atoms with Crippen molar-refractivity contribution in [2.45, 2.75) is 6.61 Å². The number of halogens is 1. The van der Waals surface area contributed by atoms with Crippen molar-refractivity contribution in [3.8, 4) is 22.8 Å². The molecule has 1 aromatic heterocycles. The normalized spacial score (nSPS) is 10.9. The van der Waals surface area contributed by atoms with Gasteiger partial charge in [-0.05, 0) is 70.1 Å². The first-order valence-corrected chi connectivity index (χ1v) is 12.2. The van der Waals surface area contributed by atoms with Crippen LogP contribution in [0, 0.1) is 3.57 Å². The minimum atomic E-state index is -0.187. The van der Waals surface area contributed by atoms with Gasteiger partial charge in [0.05, 0.1) is 11.2 Å². The number of hydrogen-bond acceptors (Lipinski definition) is 3. The van der Waals surface area contributed by atoms with Gasteiger partial charge in [-0.25, -0.2) is 0 Å². The number of carbonyl (C=O) groups excluding carboxylic acids is 1. The molecule has 0 saturated heterocycles. The van der Waals surface area contributed by atoms with Crippen molar-refractivity contribution in [3.63, 3.8) is 0 Å². The first-order chi connectivity index (χ1) is 17.0. The Labute approximate surface area is 217 Å². The molecule has 174 valence electrons. The molecule has 2 N–H and O–H groups in total. The van der Waals surface area contributed by atoms with Crippen LogP contribution in [0.15, 0.2) is 97.1 Å². The van der Waals surface area contributed by atoms with Crippen LogP contribution in [0.3, 0.4) is 0 Å². The van der Waals surface area contributed by atoms with Crippen LogP contribution in [0.25, 0.3) is 22.2 Å². The van der Waals surface area contributed by atoms with E-state index in [4.69, 9.17) is 4.74 Å². The van der Waals surface area contributed by atoms with E-state index in [0.29, 0.717) is 23.6 Å². The zero-order chi connectivity index (χ0) is 24.4. The smallest absolute Gasteiger partial charge is 0.255 e. The first kappa shape index (κ1) is 23.0. The zero-order valence-corrected chi connectivity index (χ0v) is 21.2. The SMILES string of the molecule is Cn1c(-c2ccc(C(=O)Nc3cccc(OCc4ccccc4)c3)cc2)c(I)c2ccc(O)cc21. The van der Waals surface area contributed by atoms with Crippen LogP contribution < -0.4 is 10.1 Å². The molecule has 0 aliphatic rings. The summed E-state index contributed by atoms with van der Waals surface area (Å²) in [4.78, 5) is 12.9. The van der Waals surface area contributed by atoms with Gasteiger partial charge in [-0.2, -0.15) is 0 Å². The highest BCUT2D eigenvalue weighted by molar-refractivity contribution is 14.1. The number of anilines is 1. The van der Waals surface area contributed by atoms with Gasteiger partial charge in [-0.1, -0.05) is 48.5 Å². The molecular formula is C29H23IN2O3. The predicted octanol–water partition coefficient (Wildman–Crippen LogP) is 6.99. The van der Waals surface area contributed by atoms with Crippen LogP contribution in [0.4, 0.5) is 5.69 Å². The number of amides is 1. The zero-order valence-electron chi connectivity index (χ0n) is 19.0. The molecule has 0 radical (unpaired) electrons. The average Bonchev–Trinajstić information content (AvgIpc) is 3.12. The molecular weight excluding hydrogens is 551 g/mol. The summed E-state index contributed by atoms with van der Waals surface area (Å²) in [6.45, 7) is 0.465. The topological polar surface area (TPSA) is 63.5 Å². The molecule has 0 fully saturated rings. The Morgan fingerprint density at radius 3 is 2.49 bits per heavy atom. The summed E-state index contributed by atoms with van der Waals surface area (Å²) >= 11 is 2.33. The molecule has 5 rings (SSSR count). The van der Waals surface area contributed by atoms with Gasteiger partial charge in [0.2, 0.25) is 0 Å². The van der Waals surface area contributed by atoms with Crippen LogP contribution in [0.5, 0.6) is 11.5 Å². The maximum Gasteiger partial charge on any atom is 0.255 e. The number of benzene rings is 4. The second kappa shape index (κ2) is 9.84. The Kier molecular flexibility index (Phi) is 6.46. The molecule has 5 nitrogen and oxygen atoms in total. The monoisotopic (exact) mass is 574 g/mol. The van der Waals surface area contributed by atoms with Crippen molar-refractivity contribution in [1.82, 2.24) is 4.57 Å². The summed E-state index contributed by atoms with van der Waals surface area (Å²) in [5, 5.41) is 13.9. The van der Waals surface area contributed by atoms with Gasteiger partial charge in [-0.15, -0.1) is 0 Å². The third-order valence-electron chi connectivity index (χ3n) is 5.88. The number of phenols is 1. The van der Waals surface area contributed by atoms with Crippen LogP contribution in [0.1, 0.15) is 15.9 Å². The van der Waals surface area contributed by atoms with E-state index >= 15 is 0 Å². The lowest BCUT2D eigenvalue weighted by molar-refractivity contribution is 0.102. The highest BCUT2D eigenvalue weighted by Crippen LogP contribution is 2.35. The number of nitrogens with one attached hydrogen (secondary N) is 1. The van der Waals surface area contributed by atoms with Crippen LogP contribution >= 0.6 is 22.6 Å². The number of carbonyl (C=O) groups is 1. The van der Waals surface area contributed by atoms with E-state index in [0.717, 1.165) is 31.3 Å². The highest BCUT2D eigenvalue weighted by Gasteiger charge is 2.16. The number of phenolic OH excluding ortho intramolecular Hbond substituents is 1. The average molecular weight is 574 g/mol. The quantitative estimate of drug-likeness (QED) is 0.215. The number of aryl methyl sites for hydroxylation is 1.